The van der Waals surface area contributed by atoms with Gasteiger partial charge in [0.2, 0.25) is 0 Å². The van der Waals surface area contributed by atoms with Crippen LogP contribution in [0.2, 0.25) is 0 Å². The third-order valence-corrected chi connectivity index (χ3v) is 6.01. The molecule has 1 saturated heterocycles. The van der Waals surface area contributed by atoms with Crippen LogP contribution in [0, 0.1) is 5.92 Å². The summed E-state index contributed by atoms with van der Waals surface area (Å²) >= 11 is 5.79. The van der Waals surface area contributed by atoms with E-state index in [4.69, 9.17) is 12.2 Å². The average molecular weight is 367 g/mol. The van der Waals surface area contributed by atoms with E-state index in [9.17, 15) is 0 Å². The van der Waals surface area contributed by atoms with Crippen molar-refractivity contribution >= 4 is 22.9 Å². The summed E-state index contributed by atoms with van der Waals surface area (Å²) in [5, 5.41) is 0. The number of benzene rings is 2. The lowest BCUT2D eigenvalue weighted by Gasteiger charge is -2.34. The molecule has 138 valence electrons. The quantitative estimate of drug-likeness (QED) is 0.652. The highest BCUT2D eigenvalue weighted by atomic mass is 32.1. The molecule has 1 heterocycles. The van der Waals surface area contributed by atoms with Gasteiger partial charge in [-0.25, -0.2) is 0 Å². The predicted molar refractivity (Wildman–Crippen MR) is 116 cm³/mol. The van der Waals surface area contributed by atoms with Gasteiger partial charge in [-0.05, 0) is 68.9 Å². The number of likely N-dealkylation sites (tertiary alicyclic amines) is 1. The molecule has 26 heavy (non-hydrogen) atoms. The van der Waals surface area contributed by atoms with E-state index in [1.54, 1.807) is 0 Å². The van der Waals surface area contributed by atoms with Crippen LogP contribution in [0.5, 0.6) is 0 Å². The summed E-state index contributed by atoms with van der Waals surface area (Å²) in [5.74, 6) is 0.779. The van der Waals surface area contributed by atoms with Crippen molar-refractivity contribution in [3.05, 3.63) is 65.7 Å². The number of piperidine rings is 1. The van der Waals surface area contributed by atoms with Crippen LogP contribution in [0.25, 0.3) is 0 Å². The average Bonchev–Trinajstić information content (AvgIpc) is 2.70. The second kappa shape index (κ2) is 9.18. The van der Waals surface area contributed by atoms with Crippen molar-refractivity contribution in [2.75, 3.05) is 31.1 Å². The fourth-order valence-corrected chi connectivity index (χ4v) is 4.19. The molecule has 0 aromatic heterocycles. The lowest BCUT2D eigenvalue weighted by atomic mass is 9.90. The Hall–Kier alpha value is -1.87. The van der Waals surface area contributed by atoms with Crippen LogP contribution in [0.15, 0.2) is 54.6 Å². The molecule has 0 saturated carbocycles. The summed E-state index contributed by atoms with van der Waals surface area (Å²) in [6, 6.07) is 19.6. The van der Waals surface area contributed by atoms with Crippen molar-refractivity contribution in [3.63, 3.8) is 0 Å². The summed E-state index contributed by atoms with van der Waals surface area (Å²) in [6.45, 7) is 8.62. The van der Waals surface area contributed by atoms with E-state index >= 15 is 0 Å². The molecule has 0 radical (unpaired) electrons. The standard InChI is InChI=1S/C23H30N2S/c1-3-24(4-2)22-12-10-21(11-13-22)23(26)25-16-14-20(15-17-25)18-19-8-6-5-7-9-19/h5-13,20H,3-4,14-18H2,1-2H3. The van der Waals surface area contributed by atoms with Gasteiger partial charge >= 0.3 is 0 Å². The smallest absolute Gasteiger partial charge is 0.109 e. The normalized spacial score (nSPS) is 15.1. The van der Waals surface area contributed by atoms with E-state index in [1.807, 2.05) is 0 Å². The Kier molecular flexibility index (Phi) is 6.67. The minimum atomic E-state index is 0.779. The van der Waals surface area contributed by atoms with E-state index in [0.717, 1.165) is 37.1 Å². The first-order chi connectivity index (χ1) is 12.7. The Morgan fingerprint density at radius 3 is 2.15 bits per heavy atom. The molecule has 3 rings (SSSR count). The van der Waals surface area contributed by atoms with Gasteiger partial charge in [0.1, 0.15) is 4.99 Å². The molecule has 3 heteroatoms. The SMILES string of the molecule is CCN(CC)c1ccc(C(=S)N2CCC(Cc3ccccc3)CC2)cc1. The van der Waals surface area contributed by atoms with Crippen LogP contribution in [0.1, 0.15) is 37.8 Å². The zero-order valence-corrected chi connectivity index (χ0v) is 16.8. The first kappa shape index (κ1) is 18.9. The van der Waals surface area contributed by atoms with E-state index in [-0.39, 0.29) is 0 Å². The van der Waals surface area contributed by atoms with Gasteiger partial charge in [0.15, 0.2) is 0 Å². The Morgan fingerprint density at radius 1 is 0.962 bits per heavy atom. The molecule has 1 fully saturated rings. The number of hydrogen-bond donors (Lipinski definition) is 0. The Bertz CT molecular complexity index is 684. The van der Waals surface area contributed by atoms with E-state index in [0.29, 0.717) is 0 Å². The molecule has 2 nitrogen and oxygen atoms in total. The van der Waals surface area contributed by atoms with E-state index < -0.39 is 0 Å². The maximum atomic E-state index is 5.79. The van der Waals surface area contributed by atoms with Crippen LogP contribution in [0.3, 0.4) is 0 Å². The van der Waals surface area contributed by atoms with Crippen molar-refractivity contribution in [2.24, 2.45) is 5.92 Å². The molecule has 0 amide bonds. The van der Waals surface area contributed by atoms with Crippen LogP contribution in [0.4, 0.5) is 5.69 Å². The number of hydrogen-bond acceptors (Lipinski definition) is 2. The summed E-state index contributed by atoms with van der Waals surface area (Å²) in [7, 11) is 0. The number of nitrogens with zero attached hydrogens (tertiary/aromatic N) is 2. The first-order valence-corrected chi connectivity index (χ1v) is 10.3. The summed E-state index contributed by atoms with van der Waals surface area (Å²) in [5.41, 5.74) is 3.92. The van der Waals surface area contributed by atoms with Crippen molar-refractivity contribution < 1.29 is 0 Å². The number of rotatable bonds is 6. The van der Waals surface area contributed by atoms with Crippen molar-refractivity contribution in [2.45, 2.75) is 33.1 Å². The molecule has 0 bridgehead atoms. The minimum absolute atomic E-state index is 0.779. The molecule has 0 spiro atoms. The molecular weight excluding hydrogens is 336 g/mol. The Labute approximate surface area is 163 Å². The van der Waals surface area contributed by atoms with Crippen molar-refractivity contribution in [1.82, 2.24) is 4.90 Å². The fourth-order valence-electron chi connectivity index (χ4n) is 3.87. The van der Waals surface area contributed by atoms with Gasteiger partial charge in [-0.2, -0.15) is 0 Å². The summed E-state index contributed by atoms with van der Waals surface area (Å²) in [4.78, 5) is 5.76. The van der Waals surface area contributed by atoms with Gasteiger partial charge in [0.05, 0.1) is 0 Å². The molecule has 1 aliphatic heterocycles. The molecule has 1 aliphatic rings. The van der Waals surface area contributed by atoms with Gasteiger partial charge in [-0.15, -0.1) is 0 Å². The maximum Gasteiger partial charge on any atom is 0.109 e. The third kappa shape index (κ3) is 4.64. The van der Waals surface area contributed by atoms with Gasteiger partial charge in [0.25, 0.3) is 0 Å². The minimum Gasteiger partial charge on any atom is -0.372 e. The maximum absolute atomic E-state index is 5.79. The first-order valence-electron chi connectivity index (χ1n) is 9.89. The molecule has 0 atom stereocenters. The lowest BCUT2D eigenvalue weighted by molar-refractivity contribution is 0.268. The second-order valence-electron chi connectivity index (χ2n) is 7.14. The lowest BCUT2D eigenvalue weighted by Crippen LogP contribution is -2.38. The molecule has 0 N–H and O–H groups in total. The van der Waals surface area contributed by atoms with Gasteiger partial charge in [0, 0.05) is 37.4 Å². The highest BCUT2D eigenvalue weighted by Crippen LogP contribution is 2.24. The van der Waals surface area contributed by atoms with Crippen LogP contribution < -0.4 is 4.90 Å². The third-order valence-electron chi connectivity index (χ3n) is 5.51. The molecule has 0 unspecified atom stereocenters. The van der Waals surface area contributed by atoms with Crippen LogP contribution >= 0.6 is 12.2 Å². The van der Waals surface area contributed by atoms with E-state index in [1.165, 1.54) is 36.1 Å². The van der Waals surface area contributed by atoms with Crippen molar-refractivity contribution in [3.8, 4) is 0 Å². The highest BCUT2D eigenvalue weighted by molar-refractivity contribution is 7.80. The van der Waals surface area contributed by atoms with Crippen molar-refractivity contribution in [1.29, 1.82) is 0 Å². The topological polar surface area (TPSA) is 6.48 Å². The molecule has 0 aliphatic carbocycles. The highest BCUT2D eigenvalue weighted by Gasteiger charge is 2.21. The molecular formula is C23H30N2S. The summed E-state index contributed by atoms with van der Waals surface area (Å²) in [6.07, 6.45) is 3.65. The molecule has 2 aromatic carbocycles. The zero-order chi connectivity index (χ0) is 18.4. The monoisotopic (exact) mass is 366 g/mol. The second-order valence-corrected chi connectivity index (χ2v) is 7.53. The largest absolute Gasteiger partial charge is 0.372 e. The number of anilines is 1. The van der Waals surface area contributed by atoms with E-state index in [2.05, 4.69) is 78.2 Å². The van der Waals surface area contributed by atoms with Crippen LogP contribution in [-0.2, 0) is 6.42 Å². The summed E-state index contributed by atoms with van der Waals surface area (Å²) < 4.78 is 0. The van der Waals surface area contributed by atoms with Gasteiger partial charge < -0.3 is 9.80 Å². The Balaban J connectivity index is 1.55. The van der Waals surface area contributed by atoms with Crippen LogP contribution in [-0.4, -0.2) is 36.1 Å². The van der Waals surface area contributed by atoms with Gasteiger partial charge in [-0.3, -0.25) is 0 Å². The van der Waals surface area contributed by atoms with Gasteiger partial charge in [-0.1, -0.05) is 42.5 Å². The number of thiocarbonyl (C=S) groups is 1. The fraction of sp³-hybridized carbons (Fsp3) is 0.435. The zero-order valence-electron chi connectivity index (χ0n) is 16.0. The predicted octanol–water partition coefficient (Wildman–Crippen LogP) is 5.16. The Morgan fingerprint density at radius 2 is 1.58 bits per heavy atom. The molecule has 2 aromatic rings.